The zero-order chi connectivity index (χ0) is 11.1. The molecule has 0 aromatic carbocycles. The molecule has 0 radical (unpaired) electrons. The zero-order valence-corrected chi connectivity index (χ0v) is 13.2. The van der Waals surface area contributed by atoms with Gasteiger partial charge in [0.25, 0.3) is 0 Å². The van der Waals surface area contributed by atoms with Crippen LogP contribution in [0.5, 0.6) is 0 Å². The first-order chi connectivity index (χ1) is 7.74. The highest BCUT2D eigenvalue weighted by Crippen LogP contribution is 2.28. The van der Waals surface area contributed by atoms with Crippen molar-refractivity contribution < 1.29 is 0 Å². The Hall–Kier alpha value is -0.810. The number of nitrogens with zero attached hydrogens (tertiary/aromatic N) is 3. The van der Waals surface area contributed by atoms with Gasteiger partial charge in [-0.2, -0.15) is 5.10 Å². The SMILES string of the molecule is Cc1cc(-c2cnn(C)c2)c2c(n1)CNC2.Cl.Cl.Cl. The monoisotopic (exact) mass is 322 g/mol. The lowest BCUT2D eigenvalue weighted by Gasteiger charge is -2.06. The van der Waals surface area contributed by atoms with Crippen LogP contribution in [-0.4, -0.2) is 14.8 Å². The van der Waals surface area contributed by atoms with Crippen LogP contribution in [0.2, 0.25) is 0 Å². The molecule has 4 nitrogen and oxygen atoms in total. The fraction of sp³-hybridized carbons (Fsp3) is 0.333. The molecule has 0 saturated carbocycles. The minimum atomic E-state index is 0. The van der Waals surface area contributed by atoms with Gasteiger partial charge in [-0.1, -0.05) is 0 Å². The number of nitrogens with one attached hydrogen (secondary N) is 1. The zero-order valence-electron chi connectivity index (χ0n) is 10.7. The molecule has 0 saturated heterocycles. The fourth-order valence-electron chi connectivity index (χ4n) is 2.23. The van der Waals surface area contributed by atoms with Crippen LogP contribution in [0.15, 0.2) is 18.5 Å². The van der Waals surface area contributed by atoms with Crippen molar-refractivity contribution >= 4 is 37.2 Å². The quantitative estimate of drug-likeness (QED) is 0.877. The Morgan fingerprint density at radius 3 is 2.58 bits per heavy atom. The molecule has 1 aliphatic rings. The Labute approximate surface area is 131 Å². The predicted molar refractivity (Wildman–Crippen MR) is 83.5 cm³/mol. The van der Waals surface area contributed by atoms with E-state index in [1.54, 1.807) is 0 Å². The third-order valence-corrected chi connectivity index (χ3v) is 2.95. The van der Waals surface area contributed by atoms with Crippen molar-refractivity contribution in [2.24, 2.45) is 7.05 Å². The third kappa shape index (κ3) is 3.39. The molecular formula is C12H17Cl3N4. The van der Waals surface area contributed by atoms with Crippen molar-refractivity contribution in [3.8, 4) is 11.1 Å². The van der Waals surface area contributed by atoms with Crippen molar-refractivity contribution in [2.45, 2.75) is 20.0 Å². The average molecular weight is 324 g/mol. The number of hydrogen-bond acceptors (Lipinski definition) is 3. The predicted octanol–water partition coefficient (Wildman–Crippen LogP) is 2.66. The molecule has 1 aliphatic heterocycles. The standard InChI is InChI=1S/C12H14N4.3ClH/c1-8-3-10(9-4-14-16(2)7-9)11-5-13-6-12(11)15-8;;;/h3-4,7,13H,5-6H2,1-2H3;3*1H. The van der Waals surface area contributed by atoms with Gasteiger partial charge in [0.2, 0.25) is 0 Å². The van der Waals surface area contributed by atoms with Gasteiger partial charge in [0.05, 0.1) is 11.9 Å². The minimum absolute atomic E-state index is 0. The van der Waals surface area contributed by atoms with Gasteiger partial charge in [-0.25, -0.2) is 0 Å². The largest absolute Gasteiger partial charge is 0.307 e. The summed E-state index contributed by atoms with van der Waals surface area (Å²) >= 11 is 0. The van der Waals surface area contributed by atoms with Gasteiger partial charge < -0.3 is 5.32 Å². The second-order valence-electron chi connectivity index (χ2n) is 4.24. The van der Waals surface area contributed by atoms with Crippen molar-refractivity contribution in [2.75, 3.05) is 0 Å². The number of fused-ring (bicyclic) bond motifs is 1. The maximum atomic E-state index is 4.56. The van der Waals surface area contributed by atoms with E-state index in [4.69, 9.17) is 0 Å². The van der Waals surface area contributed by atoms with Crippen molar-refractivity contribution in [3.63, 3.8) is 0 Å². The lowest BCUT2D eigenvalue weighted by atomic mass is 10.0. The van der Waals surface area contributed by atoms with Gasteiger partial charge in [-0.3, -0.25) is 9.67 Å². The highest BCUT2D eigenvalue weighted by atomic mass is 35.5. The summed E-state index contributed by atoms with van der Waals surface area (Å²) in [7, 11) is 1.94. The Morgan fingerprint density at radius 1 is 1.21 bits per heavy atom. The average Bonchev–Trinajstić information content (AvgIpc) is 2.84. The summed E-state index contributed by atoms with van der Waals surface area (Å²) in [6.07, 6.45) is 3.96. The van der Waals surface area contributed by atoms with Crippen LogP contribution in [0.3, 0.4) is 0 Å². The summed E-state index contributed by atoms with van der Waals surface area (Å²) in [4.78, 5) is 4.56. The van der Waals surface area contributed by atoms with E-state index in [0.29, 0.717) is 0 Å². The molecule has 1 N–H and O–H groups in total. The Balaban J connectivity index is 0.00000108. The molecule has 2 aromatic heterocycles. The van der Waals surface area contributed by atoms with Gasteiger partial charge >= 0.3 is 0 Å². The van der Waals surface area contributed by atoms with Crippen molar-refractivity contribution in [1.29, 1.82) is 0 Å². The molecule has 19 heavy (non-hydrogen) atoms. The van der Waals surface area contributed by atoms with Crippen LogP contribution in [0.1, 0.15) is 17.0 Å². The second kappa shape index (κ2) is 7.10. The van der Waals surface area contributed by atoms with E-state index in [2.05, 4.69) is 21.5 Å². The van der Waals surface area contributed by atoms with Crippen LogP contribution in [0.4, 0.5) is 0 Å². The fourth-order valence-corrected chi connectivity index (χ4v) is 2.23. The summed E-state index contributed by atoms with van der Waals surface area (Å²) in [5, 5.41) is 7.57. The number of pyridine rings is 1. The number of rotatable bonds is 1. The number of aromatic nitrogens is 3. The molecule has 3 rings (SSSR count). The van der Waals surface area contributed by atoms with Crippen molar-refractivity contribution in [1.82, 2.24) is 20.1 Å². The van der Waals surface area contributed by atoms with Gasteiger partial charge in [0, 0.05) is 37.6 Å². The lowest BCUT2D eigenvalue weighted by molar-refractivity contribution is 0.757. The summed E-state index contributed by atoms with van der Waals surface area (Å²) in [6, 6.07) is 2.14. The molecule has 7 heteroatoms. The third-order valence-electron chi connectivity index (χ3n) is 2.95. The molecule has 0 fully saturated rings. The maximum absolute atomic E-state index is 4.56. The molecule has 0 bridgehead atoms. The summed E-state index contributed by atoms with van der Waals surface area (Å²) in [6.45, 7) is 3.83. The molecule has 0 amide bonds. The first kappa shape index (κ1) is 18.2. The van der Waals surface area contributed by atoms with Gasteiger partial charge in [0.15, 0.2) is 0 Å². The minimum Gasteiger partial charge on any atom is -0.307 e. The Kier molecular flexibility index (Phi) is 6.80. The highest BCUT2D eigenvalue weighted by molar-refractivity contribution is 5.86. The van der Waals surface area contributed by atoms with Gasteiger partial charge in [-0.05, 0) is 24.1 Å². The van der Waals surface area contributed by atoms with Crippen LogP contribution in [0.25, 0.3) is 11.1 Å². The van der Waals surface area contributed by atoms with E-state index in [0.717, 1.165) is 18.8 Å². The van der Waals surface area contributed by atoms with E-state index < -0.39 is 0 Å². The van der Waals surface area contributed by atoms with E-state index >= 15 is 0 Å². The van der Waals surface area contributed by atoms with E-state index in [1.807, 2.05) is 31.0 Å². The number of halogens is 3. The molecule has 0 unspecified atom stereocenters. The van der Waals surface area contributed by atoms with E-state index in [9.17, 15) is 0 Å². The Morgan fingerprint density at radius 2 is 1.95 bits per heavy atom. The second-order valence-corrected chi connectivity index (χ2v) is 4.24. The van der Waals surface area contributed by atoms with Crippen LogP contribution in [0, 0.1) is 6.92 Å². The summed E-state index contributed by atoms with van der Waals surface area (Å²) in [5.74, 6) is 0. The molecule has 3 heterocycles. The molecule has 0 spiro atoms. The molecule has 0 aliphatic carbocycles. The summed E-state index contributed by atoms with van der Waals surface area (Å²) < 4.78 is 1.83. The first-order valence-electron chi connectivity index (χ1n) is 5.43. The van der Waals surface area contributed by atoms with Crippen LogP contribution in [-0.2, 0) is 20.1 Å². The lowest BCUT2D eigenvalue weighted by Crippen LogP contribution is -2.00. The Bertz CT molecular complexity index is 554. The number of hydrogen-bond donors (Lipinski definition) is 1. The molecular weight excluding hydrogens is 307 g/mol. The van der Waals surface area contributed by atoms with Gasteiger partial charge in [0.1, 0.15) is 0 Å². The van der Waals surface area contributed by atoms with Crippen molar-refractivity contribution in [3.05, 3.63) is 35.4 Å². The smallest absolute Gasteiger partial charge is 0.0596 e. The molecule has 2 aromatic rings. The summed E-state index contributed by atoms with van der Waals surface area (Å²) in [5.41, 5.74) is 6.01. The van der Waals surface area contributed by atoms with Crippen LogP contribution >= 0.6 is 37.2 Å². The molecule has 106 valence electrons. The van der Waals surface area contributed by atoms with Crippen LogP contribution < -0.4 is 5.32 Å². The maximum Gasteiger partial charge on any atom is 0.0596 e. The van der Waals surface area contributed by atoms with E-state index in [-0.39, 0.29) is 37.2 Å². The highest BCUT2D eigenvalue weighted by Gasteiger charge is 2.17. The molecule has 0 atom stereocenters. The number of aryl methyl sites for hydroxylation is 2. The normalized spacial score (nSPS) is 11.9. The van der Waals surface area contributed by atoms with E-state index in [1.165, 1.54) is 22.4 Å². The first-order valence-corrected chi connectivity index (χ1v) is 5.43. The van der Waals surface area contributed by atoms with Gasteiger partial charge in [-0.15, -0.1) is 37.2 Å². The topological polar surface area (TPSA) is 42.7 Å².